The molecule has 2 nitrogen and oxygen atoms in total. The maximum absolute atomic E-state index is 11.9. The second kappa shape index (κ2) is 4.32. The first-order valence-electron chi connectivity index (χ1n) is 4.36. The van der Waals surface area contributed by atoms with Gasteiger partial charge in [-0.05, 0) is 25.3 Å². The van der Waals surface area contributed by atoms with Crippen LogP contribution in [0, 0.1) is 0 Å². The second-order valence-corrected chi connectivity index (χ2v) is 5.00. The molecule has 1 amide bonds. The van der Waals surface area contributed by atoms with Gasteiger partial charge in [-0.25, -0.2) is 0 Å². The van der Waals surface area contributed by atoms with E-state index in [-0.39, 0.29) is 11.4 Å². The fraction of sp³-hybridized carbons (Fsp3) is 0.500. The summed E-state index contributed by atoms with van der Waals surface area (Å²) < 4.78 is 0. The molecule has 1 rings (SSSR count). The van der Waals surface area contributed by atoms with E-state index in [2.05, 4.69) is 0 Å². The number of carbonyl (C=O) groups excluding carboxylic acids is 1. The minimum Gasteiger partial charge on any atom is -0.335 e. The number of thiophene rings is 1. The fourth-order valence-electron chi connectivity index (χ4n) is 0.930. The van der Waals surface area contributed by atoms with Crippen LogP contribution < -0.4 is 0 Å². The third-order valence-corrected chi connectivity index (χ3v) is 3.78. The molecule has 0 spiro atoms. The minimum absolute atomic E-state index is 0.0330. The molecule has 0 saturated carbocycles. The van der Waals surface area contributed by atoms with E-state index in [4.69, 9.17) is 11.6 Å². The molecule has 1 aromatic heterocycles. The summed E-state index contributed by atoms with van der Waals surface area (Å²) in [6.45, 7) is 3.90. The molecule has 0 aromatic carbocycles. The molecule has 1 heterocycles. The highest BCUT2D eigenvalue weighted by Gasteiger charge is 2.27. The Hall–Kier alpha value is -0.540. The number of carbonyl (C=O) groups is 1. The highest BCUT2D eigenvalue weighted by molar-refractivity contribution is 7.12. The Kier molecular flexibility index (Phi) is 3.56. The van der Waals surface area contributed by atoms with Gasteiger partial charge in [-0.2, -0.15) is 0 Å². The van der Waals surface area contributed by atoms with Gasteiger partial charge in [0.15, 0.2) is 0 Å². The lowest BCUT2D eigenvalue weighted by atomic mass is 10.1. The van der Waals surface area contributed by atoms with E-state index in [0.717, 1.165) is 4.88 Å². The zero-order valence-electron chi connectivity index (χ0n) is 8.58. The first-order chi connectivity index (χ1) is 6.49. The molecule has 0 aliphatic heterocycles. The van der Waals surface area contributed by atoms with Crippen LogP contribution in [0.25, 0.3) is 0 Å². The molecule has 0 fully saturated rings. The average Bonchev–Trinajstić information content (AvgIpc) is 2.68. The smallest absolute Gasteiger partial charge is 0.264 e. The van der Waals surface area contributed by atoms with Crippen LogP contribution in [0.3, 0.4) is 0 Å². The van der Waals surface area contributed by atoms with E-state index in [0.29, 0.717) is 5.88 Å². The first kappa shape index (κ1) is 11.5. The lowest BCUT2D eigenvalue weighted by Crippen LogP contribution is -2.46. The van der Waals surface area contributed by atoms with Gasteiger partial charge in [0.1, 0.15) is 0 Å². The van der Waals surface area contributed by atoms with Gasteiger partial charge in [-0.15, -0.1) is 22.9 Å². The molecular formula is C10H14ClNOS. The Morgan fingerprint density at radius 1 is 1.64 bits per heavy atom. The van der Waals surface area contributed by atoms with Crippen molar-refractivity contribution in [2.24, 2.45) is 0 Å². The molecule has 0 unspecified atom stereocenters. The van der Waals surface area contributed by atoms with E-state index in [1.54, 1.807) is 11.9 Å². The topological polar surface area (TPSA) is 20.3 Å². The van der Waals surface area contributed by atoms with Gasteiger partial charge in [0.2, 0.25) is 0 Å². The van der Waals surface area contributed by atoms with Crippen molar-refractivity contribution in [3.05, 3.63) is 22.4 Å². The lowest BCUT2D eigenvalue weighted by molar-refractivity contribution is 0.0665. The molecule has 0 aliphatic rings. The maximum Gasteiger partial charge on any atom is 0.264 e. The van der Waals surface area contributed by atoms with Gasteiger partial charge in [0, 0.05) is 12.9 Å². The second-order valence-electron chi connectivity index (χ2n) is 3.79. The van der Waals surface area contributed by atoms with Crippen LogP contribution in [0.5, 0.6) is 0 Å². The molecule has 1 aromatic rings. The van der Waals surface area contributed by atoms with Crippen LogP contribution in [0.2, 0.25) is 0 Å². The Labute approximate surface area is 93.5 Å². The van der Waals surface area contributed by atoms with Crippen LogP contribution >= 0.6 is 22.9 Å². The maximum atomic E-state index is 11.9. The zero-order valence-corrected chi connectivity index (χ0v) is 10.2. The first-order valence-corrected chi connectivity index (χ1v) is 5.78. The zero-order chi connectivity index (χ0) is 10.8. The predicted molar refractivity (Wildman–Crippen MR) is 61.2 cm³/mol. The van der Waals surface area contributed by atoms with Gasteiger partial charge in [-0.3, -0.25) is 4.79 Å². The summed E-state index contributed by atoms with van der Waals surface area (Å²) >= 11 is 7.25. The van der Waals surface area contributed by atoms with Crippen LogP contribution in [0.15, 0.2) is 17.5 Å². The number of amides is 1. The van der Waals surface area contributed by atoms with Gasteiger partial charge < -0.3 is 4.90 Å². The fourth-order valence-corrected chi connectivity index (χ4v) is 1.81. The summed E-state index contributed by atoms with van der Waals surface area (Å²) in [6.07, 6.45) is 0. The van der Waals surface area contributed by atoms with E-state index in [9.17, 15) is 4.79 Å². The van der Waals surface area contributed by atoms with E-state index in [1.165, 1.54) is 11.3 Å². The number of nitrogens with zero attached hydrogens (tertiary/aromatic N) is 1. The Morgan fingerprint density at radius 2 is 2.29 bits per heavy atom. The molecular weight excluding hydrogens is 218 g/mol. The van der Waals surface area contributed by atoms with Crippen LogP contribution in [-0.4, -0.2) is 29.3 Å². The van der Waals surface area contributed by atoms with E-state index >= 15 is 0 Å². The van der Waals surface area contributed by atoms with E-state index in [1.807, 2.05) is 31.4 Å². The van der Waals surface area contributed by atoms with Crippen molar-refractivity contribution in [1.29, 1.82) is 0 Å². The average molecular weight is 232 g/mol. The molecule has 0 atom stereocenters. The standard InChI is InChI=1S/C10H14ClNOS/c1-10(2,7-11)12(3)9(13)8-5-4-6-14-8/h4-6H,7H2,1-3H3. The summed E-state index contributed by atoms with van der Waals surface area (Å²) in [5.74, 6) is 0.464. The van der Waals surface area contributed by atoms with Gasteiger partial charge in [-0.1, -0.05) is 6.07 Å². The number of alkyl halides is 1. The number of halogens is 1. The highest BCUT2D eigenvalue weighted by Crippen LogP contribution is 2.19. The monoisotopic (exact) mass is 231 g/mol. The molecule has 0 aliphatic carbocycles. The molecule has 0 saturated heterocycles. The number of hydrogen-bond acceptors (Lipinski definition) is 2. The molecule has 0 bridgehead atoms. The van der Waals surface area contributed by atoms with E-state index < -0.39 is 0 Å². The van der Waals surface area contributed by atoms with Crippen molar-refractivity contribution < 1.29 is 4.79 Å². The molecule has 0 N–H and O–H groups in total. The highest BCUT2D eigenvalue weighted by atomic mass is 35.5. The largest absolute Gasteiger partial charge is 0.335 e. The third-order valence-electron chi connectivity index (χ3n) is 2.27. The van der Waals surface area contributed by atoms with Crippen molar-refractivity contribution in [3.8, 4) is 0 Å². The van der Waals surface area contributed by atoms with Crippen molar-refractivity contribution >= 4 is 28.8 Å². The number of rotatable bonds is 3. The van der Waals surface area contributed by atoms with Crippen molar-refractivity contribution in [2.75, 3.05) is 12.9 Å². The van der Waals surface area contributed by atoms with Crippen LogP contribution in [0.1, 0.15) is 23.5 Å². The Morgan fingerprint density at radius 3 is 2.71 bits per heavy atom. The quantitative estimate of drug-likeness (QED) is 0.733. The molecule has 0 radical (unpaired) electrons. The molecule has 4 heteroatoms. The van der Waals surface area contributed by atoms with Crippen molar-refractivity contribution in [2.45, 2.75) is 19.4 Å². The van der Waals surface area contributed by atoms with Gasteiger partial charge >= 0.3 is 0 Å². The summed E-state index contributed by atoms with van der Waals surface area (Å²) in [4.78, 5) is 14.3. The summed E-state index contributed by atoms with van der Waals surface area (Å²) in [5, 5.41) is 1.90. The van der Waals surface area contributed by atoms with Crippen LogP contribution in [-0.2, 0) is 0 Å². The normalized spacial score (nSPS) is 11.4. The predicted octanol–water partition coefficient (Wildman–Crippen LogP) is 2.84. The SMILES string of the molecule is CN(C(=O)c1cccs1)C(C)(C)CCl. The Balaban J connectivity index is 2.81. The minimum atomic E-state index is -0.303. The third kappa shape index (κ3) is 2.28. The van der Waals surface area contributed by atoms with Gasteiger partial charge in [0.25, 0.3) is 5.91 Å². The summed E-state index contributed by atoms with van der Waals surface area (Å²) in [5.41, 5.74) is -0.303. The van der Waals surface area contributed by atoms with Crippen molar-refractivity contribution in [3.63, 3.8) is 0 Å². The summed E-state index contributed by atoms with van der Waals surface area (Å²) in [7, 11) is 1.78. The molecule has 78 valence electrons. The summed E-state index contributed by atoms with van der Waals surface area (Å²) in [6, 6.07) is 3.70. The Bertz CT molecular complexity index is 308. The van der Waals surface area contributed by atoms with Crippen LogP contribution in [0.4, 0.5) is 0 Å². The van der Waals surface area contributed by atoms with Crippen molar-refractivity contribution in [1.82, 2.24) is 4.90 Å². The molecule has 14 heavy (non-hydrogen) atoms. The number of hydrogen-bond donors (Lipinski definition) is 0. The van der Waals surface area contributed by atoms with Gasteiger partial charge in [0.05, 0.1) is 10.4 Å². The lowest BCUT2D eigenvalue weighted by Gasteiger charge is -2.33.